The fourth-order valence-corrected chi connectivity index (χ4v) is 3.72. The minimum atomic E-state index is -0.381. The van der Waals surface area contributed by atoms with E-state index >= 15 is 0 Å². The molecule has 0 spiro atoms. The molecule has 29 heavy (non-hydrogen) atoms. The number of methoxy groups -OCH3 is 2. The van der Waals surface area contributed by atoms with E-state index in [0.717, 1.165) is 25.0 Å². The summed E-state index contributed by atoms with van der Waals surface area (Å²) in [4.78, 5) is 17.5. The van der Waals surface area contributed by atoms with E-state index in [1.165, 1.54) is 11.8 Å². The second kappa shape index (κ2) is 11.3. The number of hydrogen-bond donors (Lipinski definition) is 1. The van der Waals surface area contributed by atoms with E-state index in [1.54, 1.807) is 38.5 Å². The van der Waals surface area contributed by atoms with Gasteiger partial charge in [-0.2, -0.15) is 5.26 Å². The molecule has 2 aromatic rings. The number of ether oxygens (including phenoxy) is 2. The summed E-state index contributed by atoms with van der Waals surface area (Å²) in [6.45, 7) is 4.07. The standard InChI is InChI=1S/C22H27N3O3S/c1-5-7-8-16-10-9-15(14-23)22(25-16)29-20(6-2)21(26)24-17-11-18(27-3)13-19(12-17)28-4/h9-13,20H,5-8H2,1-4H3,(H,24,26). The van der Waals surface area contributed by atoms with Gasteiger partial charge in [-0.15, -0.1) is 0 Å². The number of nitrogens with zero attached hydrogens (tertiary/aromatic N) is 2. The molecule has 1 aromatic heterocycles. The predicted octanol–water partition coefficient (Wildman–Crippen LogP) is 4.82. The number of anilines is 1. The van der Waals surface area contributed by atoms with Crippen molar-refractivity contribution in [3.05, 3.63) is 41.6 Å². The number of thioether (sulfide) groups is 1. The number of carbonyl (C=O) groups excluding carboxylic acids is 1. The first-order valence-corrected chi connectivity index (χ1v) is 10.5. The summed E-state index contributed by atoms with van der Waals surface area (Å²) in [6.07, 6.45) is 3.58. The summed E-state index contributed by atoms with van der Waals surface area (Å²) in [5.41, 5.74) is 2.03. The summed E-state index contributed by atoms with van der Waals surface area (Å²) in [5.74, 6) is 1.03. The van der Waals surface area contributed by atoms with Gasteiger partial charge in [0.1, 0.15) is 22.6 Å². The van der Waals surface area contributed by atoms with Crippen LogP contribution in [0.1, 0.15) is 44.4 Å². The number of unbranched alkanes of at least 4 members (excludes halogenated alkanes) is 1. The van der Waals surface area contributed by atoms with Crippen molar-refractivity contribution in [2.24, 2.45) is 0 Å². The maximum Gasteiger partial charge on any atom is 0.237 e. The van der Waals surface area contributed by atoms with Gasteiger partial charge in [-0.05, 0) is 31.4 Å². The molecule has 1 heterocycles. The summed E-state index contributed by atoms with van der Waals surface area (Å²) >= 11 is 1.33. The third-order valence-corrected chi connectivity index (χ3v) is 5.73. The topological polar surface area (TPSA) is 84.2 Å². The van der Waals surface area contributed by atoms with Crippen molar-refractivity contribution in [3.8, 4) is 17.6 Å². The molecule has 0 bridgehead atoms. The van der Waals surface area contributed by atoms with Crippen LogP contribution in [0.3, 0.4) is 0 Å². The van der Waals surface area contributed by atoms with E-state index < -0.39 is 0 Å². The first kappa shape index (κ1) is 22.6. The van der Waals surface area contributed by atoms with Crippen molar-refractivity contribution in [3.63, 3.8) is 0 Å². The van der Waals surface area contributed by atoms with E-state index in [1.807, 2.05) is 13.0 Å². The molecular formula is C22H27N3O3S. The number of rotatable bonds is 10. The lowest BCUT2D eigenvalue weighted by Gasteiger charge is -2.16. The third kappa shape index (κ3) is 6.40. The number of carbonyl (C=O) groups is 1. The fourth-order valence-electron chi connectivity index (χ4n) is 2.71. The number of aromatic nitrogens is 1. The van der Waals surface area contributed by atoms with Crippen LogP contribution in [0.5, 0.6) is 11.5 Å². The molecule has 7 heteroatoms. The van der Waals surface area contributed by atoms with E-state index in [0.29, 0.717) is 34.2 Å². The Hall–Kier alpha value is -2.72. The highest BCUT2D eigenvalue weighted by molar-refractivity contribution is 8.00. The minimum absolute atomic E-state index is 0.155. The normalized spacial score (nSPS) is 11.4. The Morgan fingerprint density at radius 1 is 1.21 bits per heavy atom. The van der Waals surface area contributed by atoms with Gasteiger partial charge in [0, 0.05) is 29.6 Å². The zero-order chi connectivity index (χ0) is 21.2. The van der Waals surface area contributed by atoms with Gasteiger partial charge in [0.15, 0.2) is 0 Å². The first-order valence-electron chi connectivity index (χ1n) is 9.65. The SMILES string of the molecule is CCCCc1ccc(C#N)c(SC(CC)C(=O)Nc2cc(OC)cc(OC)c2)n1. The second-order valence-corrected chi connectivity index (χ2v) is 7.67. The van der Waals surface area contributed by atoms with Crippen LogP contribution in [0.4, 0.5) is 5.69 Å². The van der Waals surface area contributed by atoms with Gasteiger partial charge in [-0.1, -0.05) is 32.0 Å². The van der Waals surface area contributed by atoms with Gasteiger partial charge in [0.25, 0.3) is 0 Å². The molecule has 1 N–H and O–H groups in total. The molecule has 1 aromatic carbocycles. The molecule has 0 fully saturated rings. The Kier molecular flexibility index (Phi) is 8.81. The number of hydrogen-bond acceptors (Lipinski definition) is 6. The number of pyridine rings is 1. The number of nitrogens with one attached hydrogen (secondary N) is 1. The molecule has 0 aliphatic carbocycles. The van der Waals surface area contributed by atoms with Gasteiger partial charge >= 0.3 is 0 Å². The lowest BCUT2D eigenvalue weighted by Crippen LogP contribution is -2.25. The molecule has 1 atom stereocenters. The van der Waals surface area contributed by atoms with Crippen molar-refractivity contribution in [2.75, 3.05) is 19.5 Å². The van der Waals surface area contributed by atoms with E-state index in [9.17, 15) is 10.1 Å². The molecule has 0 radical (unpaired) electrons. The zero-order valence-corrected chi connectivity index (χ0v) is 18.1. The average molecular weight is 414 g/mol. The molecule has 1 unspecified atom stereocenters. The Morgan fingerprint density at radius 2 is 1.90 bits per heavy atom. The van der Waals surface area contributed by atoms with Crippen molar-refractivity contribution >= 4 is 23.4 Å². The van der Waals surface area contributed by atoms with E-state index in [-0.39, 0.29) is 11.2 Å². The van der Waals surface area contributed by atoms with Gasteiger partial charge in [-0.3, -0.25) is 4.79 Å². The summed E-state index contributed by atoms with van der Waals surface area (Å²) in [7, 11) is 3.12. The van der Waals surface area contributed by atoms with Crippen LogP contribution in [0.25, 0.3) is 0 Å². The van der Waals surface area contributed by atoms with Crippen molar-refractivity contribution < 1.29 is 14.3 Å². The van der Waals surface area contributed by atoms with Crippen LogP contribution in [-0.2, 0) is 11.2 Å². The van der Waals surface area contributed by atoms with Crippen LogP contribution in [0.2, 0.25) is 0 Å². The molecule has 6 nitrogen and oxygen atoms in total. The van der Waals surface area contributed by atoms with Gasteiger partial charge in [0.2, 0.25) is 5.91 Å². The predicted molar refractivity (Wildman–Crippen MR) is 116 cm³/mol. The van der Waals surface area contributed by atoms with Crippen molar-refractivity contribution in [2.45, 2.75) is 49.8 Å². The van der Waals surface area contributed by atoms with Gasteiger partial charge in [0.05, 0.1) is 25.0 Å². The monoisotopic (exact) mass is 413 g/mol. The number of nitriles is 1. The summed E-state index contributed by atoms with van der Waals surface area (Å²) in [5, 5.41) is 12.6. The van der Waals surface area contributed by atoms with E-state index in [4.69, 9.17) is 9.47 Å². The van der Waals surface area contributed by atoms with Crippen LogP contribution in [0.15, 0.2) is 35.4 Å². The minimum Gasteiger partial charge on any atom is -0.497 e. The van der Waals surface area contributed by atoms with Crippen LogP contribution in [0, 0.1) is 11.3 Å². The van der Waals surface area contributed by atoms with Crippen LogP contribution < -0.4 is 14.8 Å². The lowest BCUT2D eigenvalue weighted by molar-refractivity contribution is -0.115. The molecule has 154 valence electrons. The fraction of sp³-hybridized carbons (Fsp3) is 0.409. The van der Waals surface area contributed by atoms with Crippen LogP contribution >= 0.6 is 11.8 Å². The first-order chi connectivity index (χ1) is 14.0. The van der Waals surface area contributed by atoms with E-state index in [2.05, 4.69) is 23.3 Å². The molecular weight excluding hydrogens is 386 g/mol. The number of amides is 1. The lowest BCUT2D eigenvalue weighted by atomic mass is 10.2. The maximum atomic E-state index is 12.9. The van der Waals surface area contributed by atoms with Crippen molar-refractivity contribution in [1.29, 1.82) is 5.26 Å². The zero-order valence-electron chi connectivity index (χ0n) is 17.3. The highest BCUT2D eigenvalue weighted by Gasteiger charge is 2.21. The number of benzene rings is 1. The number of aryl methyl sites for hydroxylation is 1. The molecule has 0 saturated heterocycles. The molecule has 0 saturated carbocycles. The maximum absolute atomic E-state index is 12.9. The molecule has 1 amide bonds. The van der Waals surface area contributed by atoms with Crippen molar-refractivity contribution in [1.82, 2.24) is 4.98 Å². The highest BCUT2D eigenvalue weighted by Crippen LogP contribution is 2.30. The smallest absolute Gasteiger partial charge is 0.237 e. The largest absolute Gasteiger partial charge is 0.497 e. The van der Waals surface area contributed by atoms with Gasteiger partial charge < -0.3 is 14.8 Å². The summed E-state index contributed by atoms with van der Waals surface area (Å²) < 4.78 is 10.5. The summed E-state index contributed by atoms with van der Waals surface area (Å²) in [6, 6.07) is 11.1. The Balaban J connectivity index is 2.19. The molecule has 2 rings (SSSR count). The highest BCUT2D eigenvalue weighted by atomic mass is 32.2. The molecule has 0 aliphatic rings. The second-order valence-electron chi connectivity index (χ2n) is 6.48. The molecule has 0 aliphatic heterocycles. The van der Waals surface area contributed by atoms with Gasteiger partial charge in [-0.25, -0.2) is 4.98 Å². The average Bonchev–Trinajstić information content (AvgIpc) is 2.75. The Labute approximate surface area is 176 Å². The quantitative estimate of drug-likeness (QED) is 0.562. The Bertz CT molecular complexity index is 858. The Morgan fingerprint density at radius 3 is 2.45 bits per heavy atom. The third-order valence-electron chi connectivity index (χ3n) is 4.36. The van der Waals surface area contributed by atoms with Crippen LogP contribution in [-0.4, -0.2) is 30.4 Å².